The average molecular weight is 271 g/mol. The number of nitrogens with zero attached hydrogens (tertiary/aromatic N) is 1. The number of rotatable bonds is 10. The van der Waals surface area contributed by atoms with Crippen molar-refractivity contribution >= 4 is 11.8 Å². The Morgan fingerprint density at radius 2 is 1.79 bits per heavy atom. The third kappa shape index (κ3) is 7.82. The summed E-state index contributed by atoms with van der Waals surface area (Å²) in [6.45, 7) is 7.83. The lowest BCUT2D eigenvalue weighted by molar-refractivity contribution is -0.133. The summed E-state index contributed by atoms with van der Waals surface area (Å²) in [5, 5.41) is 2.90. The first-order valence-corrected chi connectivity index (χ1v) is 7.36. The van der Waals surface area contributed by atoms with E-state index in [1.807, 2.05) is 13.8 Å². The van der Waals surface area contributed by atoms with Crippen LogP contribution in [-0.2, 0) is 9.59 Å². The highest BCUT2D eigenvalue weighted by Gasteiger charge is 2.14. The minimum Gasteiger partial charge on any atom is -0.352 e. The molecule has 3 N–H and O–H groups in total. The predicted molar refractivity (Wildman–Crippen MR) is 77.7 cm³/mol. The van der Waals surface area contributed by atoms with Crippen molar-refractivity contribution < 1.29 is 9.59 Å². The van der Waals surface area contributed by atoms with Crippen LogP contribution < -0.4 is 11.1 Å². The maximum absolute atomic E-state index is 11.8. The summed E-state index contributed by atoms with van der Waals surface area (Å²) in [4.78, 5) is 25.2. The SMILES string of the molecule is CCCCC(CN)NC(=O)CCC(=O)N(CC)CC. The molecule has 0 bridgehead atoms. The van der Waals surface area contributed by atoms with Crippen LogP contribution in [0.3, 0.4) is 0 Å². The van der Waals surface area contributed by atoms with Crippen LogP contribution in [0.25, 0.3) is 0 Å². The molecule has 0 heterocycles. The number of unbranched alkanes of at least 4 members (excludes halogenated alkanes) is 1. The topological polar surface area (TPSA) is 75.4 Å². The van der Waals surface area contributed by atoms with Crippen molar-refractivity contribution in [3.63, 3.8) is 0 Å². The number of hydrogen-bond acceptors (Lipinski definition) is 3. The van der Waals surface area contributed by atoms with E-state index in [4.69, 9.17) is 5.73 Å². The fraction of sp³-hybridized carbons (Fsp3) is 0.857. The zero-order chi connectivity index (χ0) is 14.7. The van der Waals surface area contributed by atoms with E-state index in [1.165, 1.54) is 0 Å². The number of carbonyl (C=O) groups is 2. The monoisotopic (exact) mass is 271 g/mol. The van der Waals surface area contributed by atoms with Gasteiger partial charge in [0.25, 0.3) is 0 Å². The molecular weight excluding hydrogens is 242 g/mol. The highest BCUT2D eigenvalue weighted by atomic mass is 16.2. The highest BCUT2D eigenvalue weighted by Crippen LogP contribution is 2.02. The van der Waals surface area contributed by atoms with Gasteiger partial charge in [0.2, 0.25) is 11.8 Å². The van der Waals surface area contributed by atoms with Crippen molar-refractivity contribution in [2.45, 2.75) is 58.9 Å². The summed E-state index contributed by atoms with van der Waals surface area (Å²) in [6, 6.07) is 0.0380. The highest BCUT2D eigenvalue weighted by molar-refractivity contribution is 5.83. The van der Waals surface area contributed by atoms with Crippen molar-refractivity contribution in [2.24, 2.45) is 5.73 Å². The second-order valence-electron chi connectivity index (χ2n) is 4.71. The second-order valence-corrected chi connectivity index (χ2v) is 4.71. The maximum atomic E-state index is 11.8. The Morgan fingerprint density at radius 1 is 1.16 bits per heavy atom. The fourth-order valence-corrected chi connectivity index (χ4v) is 1.95. The van der Waals surface area contributed by atoms with Gasteiger partial charge in [-0.25, -0.2) is 0 Å². The van der Waals surface area contributed by atoms with Gasteiger partial charge in [-0.15, -0.1) is 0 Å². The van der Waals surface area contributed by atoms with Gasteiger partial charge < -0.3 is 16.0 Å². The van der Waals surface area contributed by atoms with Crippen molar-refractivity contribution in [1.29, 1.82) is 0 Å². The van der Waals surface area contributed by atoms with Gasteiger partial charge in [-0.3, -0.25) is 9.59 Å². The molecule has 1 atom stereocenters. The van der Waals surface area contributed by atoms with Crippen LogP contribution in [0, 0.1) is 0 Å². The van der Waals surface area contributed by atoms with Gasteiger partial charge in [0.1, 0.15) is 0 Å². The molecule has 0 aliphatic carbocycles. The molecule has 0 saturated heterocycles. The van der Waals surface area contributed by atoms with E-state index in [-0.39, 0.29) is 30.7 Å². The molecule has 0 aromatic rings. The average Bonchev–Trinajstić information content (AvgIpc) is 2.42. The van der Waals surface area contributed by atoms with E-state index in [9.17, 15) is 9.59 Å². The summed E-state index contributed by atoms with van der Waals surface area (Å²) in [5.74, 6) is -0.0370. The fourth-order valence-electron chi connectivity index (χ4n) is 1.95. The minimum absolute atomic E-state index is 0.0380. The normalized spacial score (nSPS) is 12.0. The number of amides is 2. The first kappa shape index (κ1) is 17.9. The third-order valence-corrected chi connectivity index (χ3v) is 3.24. The van der Waals surface area contributed by atoms with Crippen molar-refractivity contribution in [2.75, 3.05) is 19.6 Å². The van der Waals surface area contributed by atoms with Crippen LogP contribution in [-0.4, -0.2) is 42.4 Å². The summed E-state index contributed by atoms with van der Waals surface area (Å²) < 4.78 is 0. The Morgan fingerprint density at radius 3 is 2.26 bits per heavy atom. The molecule has 0 aliphatic heterocycles. The zero-order valence-corrected chi connectivity index (χ0v) is 12.6. The van der Waals surface area contributed by atoms with Gasteiger partial charge in [0.15, 0.2) is 0 Å². The van der Waals surface area contributed by atoms with Crippen LogP contribution in [0.1, 0.15) is 52.9 Å². The summed E-state index contributed by atoms with van der Waals surface area (Å²) >= 11 is 0. The molecule has 0 rings (SSSR count). The molecule has 0 radical (unpaired) electrons. The molecular formula is C14H29N3O2. The lowest BCUT2D eigenvalue weighted by Gasteiger charge is -2.19. The standard InChI is InChI=1S/C14H29N3O2/c1-4-7-8-12(11-15)16-13(18)9-10-14(19)17(5-2)6-3/h12H,4-11,15H2,1-3H3,(H,16,18). The quantitative estimate of drug-likeness (QED) is 0.628. The Balaban J connectivity index is 3.99. The van der Waals surface area contributed by atoms with Gasteiger partial charge in [-0.1, -0.05) is 19.8 Å². The number of nitrogens with two attached hydrogens (primary N) is 1. The first-order valence-electron chi connectivity index (χ1n) is 7.36. The first-order chi connectivity index (χ1) is 9.08. The van der Waals surface area contributed by atoms with Crippen molar-refractivity contribution in [3.8, 4) is 0 Å². The van der Waals surface area contributed by atoms with Gasteiger partial charge in [0.05, 0.1) is 0 Å². The Labute approximate surface area is 116 Å². The van der Waals surface area contributed by atoms with Crippen LogP contribution in [0.4, 0.5) is 0 Å². The Hall–Kier alpha value is -1.10. The molecule has 2 amide bonds. The van der Waals surface area contributed by atoms with Crippen LogP contribution in [0.15, 0.2) is 0 Å². The molecule has 0 fully saturated rings. The molecule has 0 aromatic carbocycles. The van der Waals surface area contributed by atoms with E-state index >= 15 is 0 Å². The van der Waals surface area contributed by atoms with Gasteiger partial charge in [0, 0.05) is 38.5 Å². The van der Waals surface area contributed by atoms with Crippen molar-refractivity contribution in [1.82, 2.24) is 10.2 Å². The molecule has 0 spiro atoms. The molecule has 5 nitrogen and oxygen atoms in total. The van der Waals surface area contributed by atoms with E-state index in [2.05, 4.69) is 12.2 Å². The number of carbonyl (C=O) groups excluding carboxylic acids is 2. The van der Waals surface area contributed by atoms with Gasteiger partial charge in [-0.05, 0) is 20.3 Å². The van der Waals surface area contributed by atoms with E-state index in [0.29, 0.717) is 19.6 Å². The third-order valence-electron chi connectivity index (χ3n) is 3.24. The number of hydrogen-bond donors (Lipinski definition) is 2. The van der Waals surface area contributed by atoms with E-state index in [0.717, 1.165) is 19.3 Å². The molecule has 1 unspecified atom stereocenters. The van der Waals surface area contributed by atoms with Crippen LogP contribution >= 0.6 is 0 Å². The molecule has 19 heavy (non-hydrogen) atoms. The van der Waals surface area contributed by atoms with Crippen LogP contribution in [0.2, 0.25) is 0 Å². The Kier molecular flexibility index (Phi) is 10.2. The molecule has 0 aliphatic rings. The second kappa shape index (κ2) is 10.8. The van der Waals surface area contributed by atoms with Crippen LogP contribution in [0.5, 0.6) is 0 Å². The largest absolute Gasteiger partial charge is 0.352 e. The number of nitrogens with one attached hydrogen (secondary N) is 1. The maximum Gasteiger partial charge on any atom is 0.223 e. The summed E-state index contributed by atoms with van der Waals surface area (Å²) in [7, 11) is 0. The molecule has 5 heteroatoms. The van der Waals surface area contributed by atoms with Crippen molar-refractivity contribution in [3.05, 3.63) is 0 Å². The van der Waals surface area contributed by atoms with Gasteiger partial charge in [-0.2, -0.15) is 0 Å². The molecule has 0 saturated carbocycles. The van der Waals surface area contributed by atoms with E-state index in [1.54, 1.807) is 4.90 Å². The predicted octanol–water partition coefficient (Wildman–Crippen LogP) is 1.27. The lowest BCUT2D eigenvalue weighted by Crippen LogP contribution is -2.40. The summed E-state index contributed by atoms with van der Waals surface area (Å²) in [5.41, 5.74) is 5.62. The minimum atomic E-state index is -0.0768. The van der Waals surface area contributed by atoms with E-state index < -0.39 is 0 Å². The smallest absolute Gasteiger partial charge is 0.223 e. The lowest BCUT2D eigenvalue weighted by atomic mass is 10.1. The summed E-state index contributed by atoms with van der Waals surface area (Å²) in [6.07, 6.45) is 3.58. The molecule has 112 valence electrons. The van der Waals surface area contributed by atoms with Gasteiger partial charge >= 0.3 is 0 Å². The zero-order valence-electron chi connectivity index (χ0n) is 12.6. The Bertz CT molecular complexity index is 265. The molecule has 0 aromatic heterocycles.